The summed E-state index contributed by atoms with van der Waals surface area (Å²) < 4.78 is 0. The van der Waals surface area contributed by atoms with Crippen molar-refractivity contribution in [2.24, 2.45) is 11.8 Å². The summed E-state index contributed by atoms with van der Waals surface area (Å²) in [6.07, 6.45) is 4.64. The molecule has 1 amide bonds. The summed E-state index contributed by atoms with van der Waals surface area (Å²) in [5.74, 6) is 2.17. The van der Waals surface area contributed by atoms with Crippen LogP contribution in [-0.4, -0.2) is 34.9 Å². The molecule has 0 spiro atoms. The number of nitrogens with one attached hydrogen (secondary N) is 1. The van der Waals surface area contributed by atoms with Crippen LogP contribution in [0.25, 0.3) is 0 Å². The molecule has 2 unspecified atom stereocenters. The van der Waals surface area contributed by atoms with Crippen molar-refractivity contribution >= 4 is 29.0 Å². The fraction of sp³-hybridized carbons (Fsp3) is 0.733. The molecular formula is C15H24N2O2S2. The summed E-state index contributed by atoms with van der Waals surface area (Å²) >= 11 is 3.25. The molecule has 2 rings (SSSR count). The van der Waals surface area contributed by atoms with Crippen LogP contribution in [0.4, 0.5) is 0 Å². The molecule has 0 saturated heterocycles. The maximum absolute atomic E-state index is 11.9. The van der Waals surface area contributed by atoms with Crippen LogP contribution in [0.1, 0.15) is 36.4 Å². The van der Waals surface area contributed by atoms with E-state index < -0.39 is 0 Å². The largest absolute Gasteiger partial charge is 0.396 e. The number of hydrogen-bond acceptors (Lipinski definition) is 5. The van der Waals surface area contributed by atoms with Gasteiger partial charge in [0.05, 0.1) is 16.5 Å². The average molecular weight is 329 g/mol. The minimum Gasteiger partial charge on any atom is -0.396 e. The van der Waals surface area contributed by atoms with Gasteiger partial charge in [-0.1, -0.05) is 12.8 Å². The number of aromatic nitrogens is 1. The second-order valence-corrected chi connectivity index (χ2v) is 7.69. The van der Waals surface area contributed by atoms with Crippen LogP contribution in [0.5, 0.6) is 0 Å². The molecule has 1 aliphatic carbocycles. The molecule has 1 saturated carbocycles. The molecule has 4 nitrogen and oxygen atoms in total. The van der Waals surface area contributed by atoms with E-state index in [0.29, 0.717) is 24.1 Å². The van der Waals surface area contributed by atoms with Crippen molar-refractivity contribution < 1.29 is 9.90 Å². The Hall–Kier alpha value is -0.590. The molecule has 2 atom stereocenters. The minimum absolute atomic E-state index is 0.0919. The molecule has 0 bridgehead atoms. The van der Waals surface area contributed by atoms with Gasteiger partial charge in [0.2, 0.25) is 5.91 Å². The first-order valence-electron chi connectivity index (χ1n) is 7.55. The van der Waals surface area contributed by atoms with Crippen LogP contribution in [-0.2, 0) is 10.5 Å². The summed E-state index contributed by atoms with van der Waals surface area (Å²) in [4.78, 5) is 16.3. The van der Waals surface area contributed by atoms with Crippen molar-refractivity contribution in [3.63, 3.8) is 0 Å². The Balaban J connectivity index is 1.62. The van der Waals surface area contributed by atoms with Crippen molar-refractivity contribution in [2.45, 2.75) is 38.4 Å². The van der Waals surface area contributed by atoms with Crippen LogP contribution >= 0.6 is 23.1 Å². The predicted octanol–water partition coefficient (Wildman–Crippen LogP) is 2.60. The Labute approximate surface area is 134 Å². The third-order valence-corrected chi connectivity index (χ3v) is 5.80. The van der Waals surface area contributed by atoms with Crippen molar-refractivity contribution in [1.29, 1.82) is 0 Å². The molecule has 2 N–H and O–H groups in total. The fourth-order valence-corrected chi connectivity index (χ4v) is 4.28. The van der Waals surface area contributed by atoms with Gasteiger partial charge in [0.15, 0.2) is 0 Å². The van der Waals surface area contributed by atoms with Gasteiger partial charge in [-0.05, 0) is 31.6 Å². The molecule has 1 aromatic heterocycles. The number of amides is 1. The van der Waals surface area contributed by atoms with E-state index in [-0.39, 0.29) is 12.5 Å². The van der Waals surface area contributed by atoms with Crippen LogP contribution in [0.15, 0.2) is 5.38 Å². The number of aryl methyl sites for hydroxylation is 1. The number of carbonyl (C=O) groups is 1. The lowest BCUT2D eigenvalue weighted by atomic mass is 9.79. The van der Waals surface area contributed by atoms with E-state index in [0.717, 1.165) is 29.3 Å². The Morgan fingerprint density at radius 2 is 2.24 bits per heavy atom. The van der Waals surface area contributed by atoms with Crippen LogP contribution in [0, 0.1) is 18.8 Å². The lowest BCUT2D eigenvalue weighted by Gasteiger charge is -2.30. The molecule has 1 aromatic rings. The van der Waals surface area contributed by atoms with Gasteiger partial charge < -0.3 is 10.4 Å². The monoisotopic (exact) mass is 328 g/mol. The Bertz CT molecular complexity index is 451. The smallest absolute Gasteiger partial charge is 0.230 e. The number of thioether (sulfide) groups is 1. The van der Waals surface area contributed by atoms with Crippen molar-refractivity contribution in [2.75, 3.05) is 18.9 Å². The van der Waals surface area contributed by atoms with Gasteiger partial charge in [-0.3, -0.25) is 4.79 Å². The summed E-state index contributed by atoms with van der Waals surface area (Å²) in [5.41, 5.74) is 1.06. The van der Waals surface area contributed by atoms with Gasteiger partial charge in [-0.25, -0.2) is 4.98 Å². The van der Waals surface area contributed by atoms with Crippen LogP contribution in [0.3, 0.4) is 0 Å². The molecule has 1 heterocycles. The SMILES string of the molecule is Cc1nc(CSCC(=O)NCC2CCCCC2CO)cs1. The van der Waals surface area contributed by atoms with Gasteiger partial charge >= 0.3 is 0 Å². The number of thiazole rings is 1. The molecule has 0 aliphatic heterocycles. The average Bonchev–Trinajstić information content (AvgIpc) is 2.91. The first kappa shape index (κ1) is 16.8. The standard InChI is InChI=1S/C15H24N2O2S2/c1-11-17-14(9-21-11)8-20-10-15(19)16-6-12-4-2-3-5-13(12)7-18/h9,12-13,18H,2-8,10H2,1H3,(H,16,19). The van der Waals surface area contributed by atoms with E-state index in [1.165, 1.54) is 12.8 Å². The number of hydrogen-bond donors (Lipinski definition) is 2. The van der Waals surface area contributed by atoms with Crippen LogP contribution in [0.2, 0.25) is 0 Å². The summed E-state index contributed by atoms with van der Waals surface area (Å²) in [6, 6.07) is 0. The Kier molecular flexibility index (Phi) is 6.99. The lowest BCUT2D eigenvalue weighted by molar-refractivity contribution is -0.118. The number of carbonyl (C=O) groups excluding carboxylic acids is 1. The highest BCUT2D eigenvalue weighted by molar-refractivity contribution is 7.99. The molecule has 0 radical (unpaired) electrons. The van der Waals surface area contributed by atoms with Crippen molar-refractivity contribution in [3.8, 4) is 0 Å². The second-order valence-electron chi connectivity index (χ2n) is 5.64. The van der Waals surface area contributed by atoms with E-state index in [4.69, 9.17) is 0 Å². The van der Waals surface area contributed by atoms with Crippen molar-refractivity contribution in [1.82, 2.24) is 10.3 Å². The van der Waals surface area contributed by atoms with E-state index in [9.17, 15) is 9.90 Å². The Morgan fingerprint density at radius 3 is 2.90 bits per heavy atom. The molecule has 6 heteroatoms. The van der Waals surface area contributed by atoms with E-state index in [2.05, 4.69) is 10.3 Å². The van der Waals surface area contributed by atoms with E-state index >= 15 is 0 Å². The molecule has 118 valence electrons. The van der Waals surface area contributed by atoms with Gasteiger partial charge in [-0.2, -0.15) is 0 Å². The molecule has 1 fully saturated rings. The lowest BCUT2D eigenvalue weighted by Crippen LogP contribution is -2.36. The molecule has 21 heavy (non-hydrogen) atoms. The molecular weight excluding hydrogens is 304 g/mol. The summed E-state index contributed by atoms with van der Waals surface area (Å²) in [5, 5.41) is 15.5. The normalized spacial score (nSPS) is 22.2. The van der Waals surface area contributed by atoms with Gasteiger partial charge in [-0.15, -0.1) is 23.1 Å². The number of nitrogens with zero attached hydrogens (tertiary/aromatic N) is 1. The van der Waals surface area contributed by atoms with Crippen molar-refractivity contribution in [3.05, 3.63) is 16.1 Å². The number of aliphatic hydroxyl groups excluding tert-OH is 1. The zero-order valence-corrected chi connectivity index (χ0v) is 14.1. The third kappa shape index (κ3) is 5.60. The minimum atomic E-state index is 0.0919. The summed E-state index contributed by atoms with van der Waals surface area (Å²) in [7, 11) is 0. The zero-order valence-electron chi connectivity index (χ0n) is 12.5. The third-order valence-electron chi connectivity index (χ3n) is 4.01. The fourth-order valence-electron chi connectivity index (χ4n) is 2.81. The van der Waals surface area contributed by atoms with E-state index in [1.807, 2.05) is 12.3 Å². The first-order chi connectivity index (χ1) is 10.2. The quantitative estimate of drug-likeness (QED) is 0.807. The zero-order chi connectivity index (χ0) is 15.1. The second kappa shape index (κ2) is 8.76. The highest BCUT2D eigenvalue weighted by Crippen LogP contribution is 2.29. The maximum atomic E-state index is 11.9. The Morgan fingerprint density at radius 1 is 1.48 bits per heavy atom. The number of aliphatic hydroxyl groups is 1. The summed E-state index contributed by atoms with van der Waals surface area (Å²) in [6.45, 7) is 2.95. The van der Waals surface area contributed by atoms with E-state index in [1.54, 1.807) is 23.1 Å². The molecule has 1 aliphatic rings. The number of rotatable bonds is 7. The topological polar surface area (TPSA) is 62.2 Å². The van der Waals surface area contributed by atoms with Gasteiger partial charge in [0, 0.05) is 24.3 Å². The molecule has 0 aromatic carbocycles. The first-order valence-corrected chi connectivity index (χ1v) is 9.58. The van der Waals surface area contributed by atoms with Gasteiger partial charge in [0.1, 0.15) is 0 Å². The van der Waals surface area contributed by atoms with Crippen LogP contribution < -0.4 is 5.32 Å². The predicted molar refractivity (Wildman–Crippen MR) is 88.6 cm³/mol. The highest BCUT2D eigenvalue weighted by Gasteiger charge is 2.24. The highest BCUT2D eigenvalue weighted by atomic mass is 32.2. The van der Waals surface area contributed by atoms with Gasteiger partial charge in [0.25, 0.3) is 0 Å². The maximum Gasteiger partial charge on any atom is 0.230 e.